The van der Waals surface area contributed by atoms with E-state index in [2.05, 4.69) is 84.6 Å². The molecular weight excluding hydrogens is 509 g/mol. The van der Waals surface area contributed by atoms with Crippen LogP contribution in [0.1, 0.15) is 62.5 Å². The lowest BCUT2D eigenvalue weighted by atomic mass is 10.1. The van der Waals surface area contributed by atoms with E-state index in [1.165, 1.54) is 0 Å². The molecule has 0 spiro atoms. The molecule has 0 saturated carbocycles. The maximum Gasteiger partial charge on any atom is 0.109 e. The second-order valence-corrected chi connectivity index (χ2v) is 10.4. The third-order valence-electron chi connectivity index (χ3n) is 5.30. The Balaban J connectivity index is 2.83. The van der Waals surface area contributed by atoms with Crippen LogP contribution in [0.4, 0.5) is 0 Å². The van der Waals surface area contributed by atoms with Gasteiger partial charge in [0.25, 0.3) is 0 Å². The van der Waals surface area contributed by atoms with E-state index >= 15 is 0 Å². The summed E-state index contributed by atoms with van der Waals surface area (Å²) in [5.74, 6) is 3.67. The lowest BCUT2D eigenvalue weighted by Gasteiger charge is -2.27. The zero-order chi connectivity index (χ0) is 23.6. The Bertz CT molecular complexity index is 563. The summed E-state index contributed by atoms with van der Waals surface area (Å²) in [5, 5.41) is 0. The van der Waals surface area contributed by atoms with Crippen molar-refractivity contribution in [3.63, 3.8) is 0 Å². The van der Waals surface area contributed by atoms with Gasteiger partial charge in [0.05, 0.1) is 0 Å². The molecule has 182 valence electrons. The van der Waals surface area contributed by atoms with Gasteiger partial charge < -0.3 is 9.80 Å². The quantitative estimate of drug-likeness (QED) is 0.0947. The van der Waals surface area contributed by atoms with Gasteiger partial charge in [-0.05, 0) is 74.4 Å². The smallest absolute Gasteiger partial charge is 0.109 e. The minimum absolute atomic E-state index is 0.919. The number of benzene rings is 1. The standard InChI is InChI=1S/C24H40N2S6/c27-17-5-1-13-25(14-2-6-18-28)23(31)21-9-11-22(12-10-21)24(32)26(15-3-7-19-29)16-4-8-20-30/h9-12,27-30H,1-8,13-20H2. The summed E-state index contributed by atoms with van der Waals surface area (Å²) in [5.41, 5.74) is 2.19. The van der Waals surface area contributed by atoms with Crippen molar-refractivity contribution in [2.45, 2.75) is 51.4 Å². The van der Waals surface area contributed by atoms with E-state index in [1.54, 1.807) is 0 Å². The Kier molecular flexibility index (Phi) is 18.7. The molecular formula is C24H40N2S6. The van der Waals surface area contributed by atoms with Crippen molar-refractivity contribution in [1.29, 1.82) is 0 Å². The van der Waals surface area contributed by atoms with Gasteiger partial charge in [-0.3, -0.25) is 0 Å². The third kappa shape index (κ3) is 12.2. The maximum absolute atomic E-state index is 5.87. The molecule has 0 fully saturated rings. The molecule has 0 heterocycles. The monoisotopic (exact) mass is 548 g/mol. The van der Waals surface area contributed by atoms with Gasteiger partial charge in [0.1, 0.15) is 9.98 Å². The second-order valence-electron chi connectivity index (χ2n) is 7.88. The topological polar surface area (TPSA) is 6.48 Å². The molecule has 1 aromatic carbocycles. The molecule has 32 heavy (non-hydrogen) atoms. The normalized spacial score (nSPS) is 10.9. The second kappa shape index (κ2) is 19.7. The lowest BCUT2D eigenvalue weighted by Crippen LogP contribution is -2.33. The van der Waals surface area contributed by atoms with Crippen LogP contribution in [0, 0.1) is 0 Å². The summed E-state index contributed by atoms with van der Waals surface area (Å²) in [6, 6.07) is 8.53. The molecule has 0 aliphatic rings. The highest BCUT2D eigenvalue weighted by Crippen LogP contribution is 2.15. The molecule has 0 amide bonds. The van der Waals surface area contributed by atoms with E-state index in [0.717, 1.165) is 122 Å². The van der Waals surface area contributed by atoms with Gasteiger partial charge in [-0.1, -0.05) is 48.7 Å². The molecule has 0 unspecified atom stereocenters. The Labute approximate surface area is 229 Å². The maximum atomic E-state index is 5.87. The van der Waals surface area contributed by atoms with E-state index in [1.807, 2.05) is 0 Å². The molecule has 1 rings (SSSR count). The Morgan fingerprint density at radius 3 is 0.969 bits per heavy atom. The van der Waals surface area contributed by atoms with Crippen LogP contribution in [0.2, 0.25) is 0 Å². The predicted octanol–water partition coefficient (Wildman–Crippen LogP) is 6.48. The Morgan fingerprint density at radius 2 is 0.750 bits per heavy atom. The highest BCUT2D eigenvalue weighted by Gasteiger charge is 2.14. The average molecular weight is 549 g/mol. The van der Waals surface area contributed by atoms with Crippen LogP contribution in [0.3, 0.4) is 0 Å². The van der Waals surface area contributed by atoms with Crippen molar-refractivity contribution in [3.8, 4) is 0 Å². The number of unbranched alkanes of at least 4 members (excludes halogenated alkanes) is 4. The Morgan fingerprint density at radius 1 is 0.500 bits per heavy atom. The van der Waals surface area contributed by atoms with Crippen molar-refractivity contribution in [2.75, 3.05) is 49.2 Å². The molecule has 0 radical (unpaired) electrons. The molecule has 0 N–H and O–H groups in total. The SMILES string of the molecule is S=C(c1ccc(C(=S)N(CCCCS)CCCCS)cc1)N(CCCCS)CCCCS. The number of thiol groups is 4. The predicted molar refractivity (Wildman–Crippen MR) is 165 cm³/mol. The summed E-state index contributed by atoms with van der Waals surface area (Å²) in [4.78, 5) is 6.55. The largest absolute Gasteiger partial charge is 0.362 e. The van der Waals surface area contributed by atoms with Crippen LogP contribution in [0.25, 0.3) is 0 Å². The first-order valence-corrected chi connectivity index (χ1v) is 15.1. The van der Waals surface area contributed by atoms with Crippen molar-refractivity contribution >= 4 is 84.9 Å². The molecule has 0 saturated heterocycles. The zero-order valence-electron chi connectivity index (χ0n) is 19.1. The van der Waals surface area contributed by atoms with Crippen LogP contribution in [-0.4, -0.2) is 69.0 Å². The summed E-state index contributed by atoms with van der Waals surface area (Å²) in [6.07, 6.45) is 8.88. The van der Waals surface area contributed by atoms with Crippen molar-refractivity contribution in [2.24, 2.45) is 0 Å². The first-order valence-electron chi connectivity index (χ1n) is 11.7. The lowest BCUT2D eigenvalue weighted by molar-refractivity contribution is 0.406. The van der Waals surface area contributed by atoms with Gasteiger partial charge in [-0.15, -0.1) is 0 Å². The fourth-order valence-corrected chi connectivity index (χ4v) is 4.94. The van der Waals surface area contributed by atoms with Gasteiger partial charge in [0.15, 0.2) is 0 Å². The summed E-state index contributed by atoms with van der Waals surface area (Å²) in [7, 11) is 0. The van der Waals surface area contributed by atoms with Crippen LogP contribution in [0.5, 0.6) is 0 Å². The molecule has 1 aromatic rings. The molecule has 0 bridgehead atoms. The van der Waals surface area contributed by atoms with E-state index in [9.17, 15) is 0 Å². The average Bonchev–Trinajstić information content (AvgIpc) is 2.82. The van der Waals surface area contributed by atoms with Crippen LogP contribution >= 0.6 is 75.0 Å². The highest BCUT2D eigenvalue weighted by atomic mass is 32.1. The minimum atomic E-state index is 0.919. The summed E-state index contributed by atoms with van der Waals surface area (Å²) >= 11 is 29.1. The van der Waals surface area contributed by atoms with Crippen molar-refractivity contribution < 1.29 is 0 Å². The first-order chi connectivity index (χ1) is 15.6. The van der Waals surface area contributed by atoms with Crippen molar-refractivity contribution in [1.82, 2.24) is 9.80 Å². The highest BCUT2D eigenvalue weighted by molar-refractivity contribution is 7.81. The van der Waals surface area contributed by atoms with Gasteiger partial charge in [-0.25, -0.2) is 0 Å². The van der Waals surface area contributed by atoms with Crippen LogP contribution in [-0.2, 0) is 0 Å². The number of rotatable bonds is 18. The fourth-order valence-electron chi connectivity index (χ4n) is 3.41. The van der Waals surface area contributed by atoms with E-state index in [-0.39, 0.29) is 0 Å². The molecule has 0 aliphatic heterocycles. The minimum Gasteiger partial charge on any atom is -0.362 e. The molecule has 0 aromatic heterocycles. The van der Waals surface area contributed by atoms with Crippen LogP contribution in [0.15, 0.2) is 24.3 Å². The number of thiocarbonyl (C=S) groups is 2. The van der Waals surface area contributed by atoms with Crippen LogP contribution < -0.4 is 0 Å². The number of nitrogens with zero attached hydrogens (tertiary/aromatic N) is 2. The number of hydrogen-bond donors (Lipinski definition) is 4. The molecule has 0 aliphatic carbocycles. The number of hydrogen-bond acceptors (Lipinski definition) is 6. The van der Waals surface area contributed by atoms with Gasteiger partial charge in [-0.2, -0.15) is 50.5 Å². The fraction of sp³-hybridized carbons (Fsp3) is 0.667. The zero-order valence-corrected chi connectivity index (χ0v) is 24.3. The van der Waals surface area contributed by atoms with Gasteiger partial charge in [0.2, 0.25) is 0 Å². The Hall–Kier alpha value is 0.400. The molecule has 8 heteroatoms. The summed E-state index contributed by atoms with van der Waals surface area (Å²) in [6.45, 7) is 3.93. The van der Waals surface area contributed by atoms with Crippen molar-refractivity contribution in [3.05, 3.63) is 35.4 Å². The molecule has 0 atom stereocenters. The van der Waals surface area contributed by atoms with Gasteiger partial charge in [0, 0.05) is 37.3 Å². The molecule has 2 nitrogen and oxygen atoms in total. The third-order valence-corrected chi connectivity index (χ3v) is 7.55. The van der Waals surface area contributed by atoms with E-state index in [0.29, 0.717) is 0 Å². The van der Waals surface area contributed by atoms with Gasteiger partial charge >= 0.3 is 0 Å². The van der Waals surface area contributed by atoms with E-state index < -0.39 is 0 Å². The van der Waals surface area contributed by atoms with E-state index in [4.69, 9.17) is 24.4 Å². The summed E-state index contributed by atoms with van der Waals surface area (Å²) < 4.78 is 0. The first kappa shape index (κ1) is 30.4.